The van der Waals surface area contributed by atoms with Gasteiger partial charge in [0.2, 0.25) is 0 Å². The van der Waals surface area contributed by atoms with Gasteiger partial charge in [0, 0.05) is 17.8 Å². The largest absolute Gasteiger partial charge is 0.405 e. The van der Waals surface area contributed by atoms with Crippen molar-refractivity contribution < 1.29 is 13.2 Å². The first-order valence-corrected chi connectivity index (χ1v) is 6.53. The molecule has 0 aliphatic heterocycles. The van der Waals surface area contributed by atoms with Gasteiger partial charge < -0.3 is 10.6 Å². The van der Waals surface area contributed by atoms with Crippen LogP contribution in [0.5, 0.6) is 0 Å². The SMILES string of the molecule is CC(N)Cc1ccc(N(CC(F)(F)F)C2CC2)cc1. The summed E-state index contributed by atoms with van der Waals surface area (Å²) in [7, 11) is 0. The third-order valence-electron chi connectivity index (χ3n) is 3.16. The fourth-order valence-corrected chi connectivity index (χ4v) is 2.21. The van der Waals surface area contributed by atoms with Gasteiger partial charge in [-0.15, -0.1) is 0 Å². The fourth-order valence-electron chi connectivity index (χ4n) is 2.21. The monoisotopic (exact) mass is 272 g/mol. The number of hydrogen-bond donors (Lipinski definition) is 1. The minimum Gasteiger partial charge on any atom is -0.360 e. The van der Waals surface area contributed by atoms with Gasteiger partial charge >= 0.3 is 6.18 Å². The maximum atomic E-state index is 12.6. The molecule has 2 nitrogen and oxygen atoms in total. The number of nitrogens with two attached hydrogens (primary N) is 1. The average Bonchev–Trinajstić information content (AvgIpc) is 3.09. The Kier molecular flexibility index (Phi) is 4.04. The molecule has 106 valence electrons. The summed E-state index contributed by atoms with van der Waals surface area (Å²) in [5.74, 6) is 0. The Morgan fingerprint density at radius 3 is 2.26 bits per heavy atom. The first kappa shape index (κ1) is 14.2. The Hall–Kier alpha value is -1.23. The van der Waals surface area contributed by atoms with Crippen LogP contribution in [0.4, 0.5) is 18.9 Å². The Bertz CT molecular complexity index is 408. The zero-order chi connectivity index (χ0) is 14.0. The van der Waals surface area contributed by atoms with E-state index in [4.69, 9.17) is 5.73 Å². The van der Waals surface area contributed by atoms with Crippen molar-refractivity contribution in [2.75, 3.05) is 11.4 Å². The van der Waals surface area contributed by atoms with E-state index in [0.29, 0.717) is 5.69 Å². The van der Waals surface area contributed by atoms with Gasteiger partial charge in [0.1, 0.15) is 6.54 Å². The van der Waals surface area contributed by atoms with E-state index >= 15 is 0 Å². The molecule has 0 heterocycles. The highest BCUT2D eigenvalue weighted by atomic mass is 19.4. The summed E-state index contributed by atoms with van der Waals surface area (Å²) in [6, 6.07) is 7.36. The molecule has 0 saturated heterocycles. The molecule has 2 rings (SSSR count). The standard InChI is InChI=1S/C14H19F3N2/c1-10(18)8-11-2-4-12(5-3-11)19(13-6-7-13)9-14(15,16)17/h2-5,10,13H,6-9,18H2,1H3. The van der Waals surface area contributed by atoms with Crippen molar-refractivity contribution in [1.82, 2.24) is 0 Å². The summed E-state index contributed by atoms with van der Waals surface area (Å²) < 4.78 is 37.7. The lowest BCUT2D eigenvalue weighted by Gasteiger charge is -2.26. The van der Waals surface area contributed by atoms with Crippen molar-refractivity contribution in [2.45, 2.75) is 44.4 Å². The lowest BCUT2D eigenvalue weighted by molar-refractivity contribution is -0.120. The molecule has 5 heteroatoms. The molecule has 1 unspecified atom stereocenters. The van der Waals surface area contributed by atoms with Crippen LogP contribution in [0.1, 0.15) is 25.3 Å². The summed E-state index contributed by atoms with van der Waals surface area (Å²) in [6.45, 7) is 1.04. The molecule has 1 saturated carbocycles. The molecule has 1 atom stereocenters. The van der Waals surface area contributed by atoms with Gasteiger partial charge in [-0.3, -0.25) is 0 Å². The van der Waals surface area contributed by atoms with E-state index in [1.165, 1.54) is 4.90 Å². The van der Waals surface area contributed by atoms with E-state index < -0.39 is 12.7 Å². The van der Waals surface area contributed by atoms with Crippen molar-refractivity contribution in [3.63, 3.8) is 0 Å². The molecule has 1 fully saturated rings. The maximum absolute atomic E-state index is 12.6. The molecule has 0 radical (unpaired) electrons. The van der Waals surface area contributed by atoms with E-state index in [0.717, 1.165) is 24.8 Å². The lowest BCUT2D eigenvalue weighted by Crippen LogP contribution is -2.35. The first-order chi connectivity index (χ1) is 8.85. The topological polar surface area (TPSA) is 29.3 Å². The number of alkyl halides is 3. The smallest absolute Gasteiger partial charge is 0.360 e. The number of hydrogen-bond acceptors (Lipinski definition) is 2. The van der Waals surface area contributed by atoms with Gasteiger partial charge in [-0.25, -0.2) is 0 Å². The third kappa shape index (κ3) is 4.42. The molecule has 19 heavy (non-hydrogen) atoms. The molecular weight excluding hydrogens is 253 g/mol. The Balaban J connectivity index is 2.09. The van der Waals surface area contributed by atoms with E-state index in [9.17, 15) is 13.2 Å². The van der Waals surface area contributed by atoms with E-state index in [2.05, 4.69) is 0 Å². The van der Waals surface area contributed by atoms with Crippen LogP contribution in [0.2, 0.25) is 0 Å². The second kappa shape index (κ2) is 5.41. The highest BCUT2D eigenvalue weighted by Crippen LogP contribution is 2.34. The first-order valence-electron chi connectivity index (χ1n) is 6.53. The van der Waals surface area contributed by atoms with Crippen LogP contribution >= 0.6 is 0 Å². The molecule has 2 N–H and O–H groups in total. The summed E-state index contributed by atoms with van der Waals surface area (Å²) in [5, 5.41) is 0. The number of nitrogens with zero attached hydrogens (tertiary/aromatic N) is 1. The summed E-state index contributed by atoms with van der Waals surface area (Å²) in [5.41, 5.74) is 7.41. The lowest BCUT2D eigenvalue weighted by atomic mass is 10.1. The number of anilines is 1. The van der Waals surface area contributed by atoms with E-state index in [1.54, 1.807) is 12.1 Å². The molecule has 1 aliphatic carbocycles. The van der Waals surface area contributed by atoms with Crippen LogP contribution in [0, 0.1) is 0 Å². The van der Waals surface area contributed by atoms with Crippen molar-refractivity contribution >= 4 is 5.69 Å². The van der Waals surface area contributed by atoms with Crippen molar-refractivity contribution in [1.29, 1.82) is 0 Å². The van der Waals surface area contributed by atoms with Crippen molar-refractivity contribution in [3.05, 3.63) is 29.8 Å². The second-order valence-corrected chi connectivity index (χ2v) is 5.32. The quantitative estimate of drug-likeness (QED) is 0.892. The van der Waals surface area contributed by atoms with Gasteiger partial charge in [0.05, 0.1) is 0 Å². The number of halogens is 3. The third-order valence-corrected chi connectivity index (χ3v) is 3.16. The molecular formula is C14H19F3N2. The molecule has 0 spiro atoms. The number of benzene rings is 1. The van der Waals surface area contributed by atoms with Crippen LogP contribution < -0.4 is 10.6 Å². The van der Waals surface area contributed by atoms with Gasteiger partial charge in [-0.05, 0) is 43.9 Å². The zero-order valence-corrected chi connectivity index (χ0v) is 11.0. The summed E-state index contributed by atoms with van der Waals surface area (Å²) >= 11 is 0. The Morgan fingerprint density at radius 1 is 1.26 bits per heavy atom. The van der Waals surface area contributed by atoms with E-state index in [-0.39, 0.29) is 12.1 Å². The summed E-state index contributed by atoms with van der Waals surface area (Å²) in [6.07, 6.45) is -1.73. The molecule has 0 bridgehead atoms. The second-order valence-electron chi connectivity index (χ2n) is 5.32. The molecule has 1 aromatic carbocycles. The minimum absolute atomic E-state index is 0.0425. The summed E-state index contributed by atoms with van der Waals surface area (Å²) in [4.78, 5) is 1.45. The van der Waals surface area contributed by atoms with Gasteiger partial charge in [0.25, 0.3) is 0 Å². The van der Waals surface area contributed by atoms with Crippen LogP contribution in [0.3, 0.4) is 0 Å². The Morgan fingerprint density at radius 2 is 1.84 bits per heavy atom. The van der Waals surface area contributed by atoms with E-state index in [1.807, 2.05) is 19.1 Å². The Labute approximate surface area is 111 Å². The van der Waals surface area contributed by atoms with Gasteiger partial charge in [-0.1, -0.05) is 12.1 Å². The van der Waals surface area contributed by atoms with Crippen LogP contribution in [0.15, 0.2) is 24.3 Å². The zero-order valence-electron chi connectivity index (χ0n) is 11.0. The molecule has 0 aromatic heterocycles. The van der Waals surface area contributed by atoms with Crippen LogP contribution in [-0.4, -0.2) is 24.8 Å². The average molecular weight is 272 g/mol. The van der Waals surface area contributed by atoms with Gasteiger partial charge in [-0.2, -0.15) is 13.2 Å². The minimum atomic E-state index is -4.16. The highest BCUT2D eigenvalue weighted by molar-refractivity contribution is 5.50. The van der Waals surface area contributed by atoms with Crippen molar-refractivity contribution in [3.8, 4) is 0 Å². The predicted octanol–water partition coefficient (Wildman–Crippen LogP) is 3.11. The normalized spacial score (nSPS) is 17.3. The maximum Gasteiger partial charge on any atom is 0.405 e. The predicted molar refractivity (Wildman–Crippen MR) is 70.2 cm³/mol. The van der Waals surface area contributed by atoms with Crippen LogP contribution in [-0.2, 0) is 6.42 Å². The van der Waals surface area contributed by atoms with Gasteiger partial charge in [0.15, 0.2) is 0 Å². The molecule has 1 aromatic rings. The number of rotatable bonds is 5. The fraction of sp³-hybridized carbons (Fsp3) is 0.571. The van der Waals surface area contributed by atoms with Crippen molar-refractivity contribution in [2.24, 2.45) is 5.73 Å². The molecule has 0 amide bonds. The highest BCUT2D eigenvalue weighted by Gasteiger charge is 2.38. The van der Waals surface area contributed by atoms with Crippen LogP contribution in [0.25, 0.3) is 0 Å². The molecule has 1 aliphatic rings.